The molecule has 0 unspecified atom stereocenters. The molecule has 2 aromatic rings. The summed E-state index contributed by atoms with van der Waals surface area (Å²) in [5, 5.41) is 2.78. The van der Waals surface area contributed by atoms with Crippen LogP contribution in [0.4, 0.5) is 4.39 Å². The van der Waals surface area contributed by atoms with Gasteiger partial charge in [0.25, 0.3) is 0 Å². The van der Waals surface area contributed by atoms with Crippen molar-refractivity contribution >= 4 is 24.1 Å². The number of thioether (sulfide) groups is 1. The third-order valence-corrected chi connectivity index (χ3v) is 5.61. The first-order valence-electron chi connectivity index (χ1n) is 9.57. The molecule has 3 rings (SSSR count). The fourth-order valence-corrected chi connectivity index (χ4v) is 4.18. The molecular weight excluding hydrogens is 403 g/mol. The van der Waals surface area contributed by atoms with Crippen molar-refractivity contribution < 1.29 is 14.0 Å². The predicted octanol–water partition coefficient (Wildman–Crippen LogP) is 3.32. The Labute approximate surface area is 179 Å². The van der Waals surface area contributed by atoms with Gasteiger partial charge in [-0.05, 0) is 37.6 Å². The standard InChI is InChI=1S/C22H23FN4O2S/c1-3-24-22(29)15(2)8-16-12-30-13-21(16)27(14-28)11-17-9-26-20(10-25-17)18-6-4-5-7-19(18)23/h4-10,14H,3,11-13H2,1-2H3,(H,24,29)/b15-8+. The number of allylic oxidation sites excluding steroid dienone is 1. The Morgan fingerprint density at radius 1 is 1.27 bits per heavy atom. The number of nitrogens with one attached hydrogen (secondary N) is 1. The van der Waals surface area contributed by atoms with Crippen LogP contribution in [0.1, 0.15) is 19.5 Å². The smallest absolute Gasteiger partial charge is 0.246 e. The second kappa shape index (κ2) is 10.2. The first kappa shape index (κ1) is 21.7. The summed E-state index contributed by atoms with van der Waals surface area (Å²) in [5.41, 5.74) is 3.82. The first-order chi connectivity index (χ1) is 14.5. The third-order valence-electron chi connectivity index (χ3n) is 4.61. The van der Waals surface area contributed by atoms with Gasteiger partial charge in [-0.25, -0.2) is 4.39 Å². The highest BCUT2D eigenvalue weighted by atomic mass is 32.2. The van der Waals surface area contributed by atoms with Crippen LogP contribution < -0.4 is 5.32 Å². The van der Waals surface area contributed by atoms with Gasteiger partial charge in [-0.2, -0.15) is 11.8 Å². The lowest BCUT2D eigenvalue weighted by molar-refractivity contribution is -0.117. The van der Waals surface area contributed by atoms with Gasteiger partial charge in [-0.15, -0.1) is 0 Å². The van der Waals surface area contributed by atoms with E-state index in [0.717, 1.165) is 23.4 Å². The molecule has 0 aliphatic carbocycles. The molecule has 6 nitrogen and oxygen atoms in total. The molecule has 1 N–H and O–H groups in total. The number of hydrogen-bond donors (Lipinski definition) is 1. The van der Waals surface area contributed by atoms with Crippen LogP contribution in [0.3, 0.4) is 0 Å². The van der Waals surface area contributed by atoms with Crippen molar-refractivity contribution in [2.24, 2.45) is 0 Å². The van der Waals surface area contributed by atoms with Crippen molar-refractivity contribution in [3.63, 3.8) is 0 Å². The van der Waals surface area contributed by atoms with Gasteiger partial charge in [0.2, 0.25) is 12.3 Å². The number of halogens is 1. The van der Waals surface area contributed by atoms with E-state index in [1.54, 1.807) is 48.0 Å². The highest BCUT2D eigenvalue weighted by molar-refractivity contribution is 7.99. The van der Waals surface area contributed by atoms with Crippen molar-refractivity contribution in [2.45, 2.75) is 20.4 Å². The van der Waals surface area contributed by atoms with Gasteiger partial charge in [0, 0.05) is 34.9 Å². The van der Waals surface area contributed by atoms with E-state index < -0.39 is 0 Å². The maximum Gasteiger partial charge on any atom is 0.246 e. The molecule has 30 heavy (non-hydrogen) atoms. The molecule has 0 bridgehead atoms. The van der Waals surface area contributed by atoms with Gasteiger partial charge < -0.3 is 10.2 Å². The van der Waals surface area contributed by atoms with E-state index in [9.17, 15) is 14.0 Å². The maximum absolute atomic E-state index is 13.9. The fraction of sp³-hybridized carbons (Fsp3) is 0.273. The van der Waals surface area contributed by atoms with Crippen molar-refractivity contribution in [3.8, 4) is 11.3 Å². The van der Waals surface area contributed by atoms with Crippen LogP contribution in [0, 0.1) is 5.82 Å². The molecule has 0 fully saturated rings. The van der Waals surface area contributed by atoms with Crippen LogP contribution in [-0.2, 0) is 16.1 Å². The number of carbonyl (C=O) groups is 2. The Hall–Kier alpha value is -3.00. The highest BCUT2D eigenvalue weighted by Crippen LogP contribution is 2.29. The Bertz CT molecular complexity index is 989. The van der Waals surface area contributed by atoms with Crippen LogP contribution in [0.5, 0.6) is 0 Å². The summed E-state index contributed by atoms with van der Waals surface area (Å²) in [6.07, 6.45) is 5.66. The highest BCUT2D eigenvalue weighted by Gasteiger charge is 2.21. The Balaban J connectivity index is 1.79. The van der Waals surface area contributed by atoms with Crippen LogP contribution in [0.2, 0.25) is 0 Å². The van der Waals surface area contributed by atoms with Crippen LogP contribution in [0.25, 0.3) is 11.3 Å². The summed E-state index contributed by atoms with van der Waals surface area (Å²) >= 11 is 1.68. The monoisotopic (exact) mass is 426 g/mol. The topological polar surface area (TPSA) is 75.2 Å². The van der Waals surface area contributed by atoms with E-state index in [0.29, 0.717) is 34.8 Å². The molecule has 1 aromatic carbocycles. The predicted molar refractivity (Wildman–Crippen MR) is 116 cm³/mol. The average molecular weight is 427 g/mol. The minimum absolute atomic E-state index is 0.117. The molecule has 2 amide bonds. The Morgan fingerprint density at radius 2 is 2.07 bits per heavy atom. The number of hydrogen-bond acceptors (Lipinski definition) is 5. The Kier molecular flexibility index (Phi) is 7.35. The average Bonchev–Trinajstić information content (AvgIpc) is 3.21. The summed E-state index contributed by atoms with van der Waals surface area (Å²) in [7, 11) is 0. The van der Waals surface area contributed by atoms with Crippen molar-refractivity contribution in [2.75, 3.05) is 18.1 Å². The molecule has 2 heterocycles. The zero-order chi connectivity index (χ0) is 21.5. The Morgan fingerprint density at radius 3 is 2.73 bits per heavy atom. The quantitative estimate of drug-likeness (QED) is 0.518. The van der Waals surface area contributed by atoms with Gasteiger partial charge >= 0.3 is 0 Å². The van der Waals surface area contributed by atoms with E-state index in [4.69, 9.17) is 0 Å². The maximum atomic E-state index is 13.9. The van der Waals surface area contributed by atoms with E-state index in [1.807, 2.05) is 13.0 Å². The summed E-state index contributed by atoms with van der Waals surface area (Å²) in [6.45, 7) is 4.44. The fourth-order valence-electron chi connectivity index (χ4n) is 3.07. The minimum Gasteiger partial charge on any atom is -0.353 e. The number of amides is 2. The minimum atomic E-state index is -0.360. The molecule has 1 aliphatic rings. The van der Waals surface area contributed by atoms with Gasteiger partial charge in [0.05, 0.1) is 30.3 Å². The third kappa shape index (κ3) is 5.13. The van der Waals surface area contributed by atoms with Gasteiger partial charge in [0.15, 0.2) is 0 Å². The van der Waals surface area contributed by atoms with Crippen molar-refractivity contribution in [1.29, 1.82) is 0 Å². The molecule has 1 aromatic heterocycles. The van der Waals surface area contributed by atoms with Crippen molar-refractivity contribution in [3.05, 3.63) is 71.1 Å². The molecule has 0 spiro atoms. The number of benzene rings is 1. The lowest BCUT2D eigenvalue weighted by atomic mass is 10.1. The number of likely N-dealkylation sites (N-methyl/N-ethyl adjacent to an activating group) is 1. The lowest BCUT2D eigenvalue weighted by Gasteiger charge is -2.19. The number of rotatable bonds is 8. The van der Waals surface area contributed by atoms with E-state index in [-0.39, 0.29) is 18.3 Å². The molecule has 1 aliphatic heterocycles. The summed E-state index contributed by atoms with van der Waals surface area (Å²) in [6, 6.07) is 6.38. The zero-order valence-corrected chi connectivity index (χ0v) is 17.7. The van der Waals surface area contributed by atoms with Crippen LogP contribution in [0.15, 0.2) is 59.6 Å². The molecule has 8 heteroatoms. The summed E-state index contributed by atoms with van der Waals surface area (Å²) < 4.78 is 13.9. The van der Waals surface area contributed by atoms with E-state index >= 15 is 0 Å². The lowest BCUT2D eigenvalue weighted by Crippen LogP contribution is -2.24. The normalized spacial score (nSPS) is 14.0. The number of nitrogens with zero attached hydrogens (tertiary/aromatic N) is 3. The SMILES string of the molecule is CCNC(=O)/C(C)=C/C1=C(N(C=O)Cc2cnc(-c3ccccc3F)cn2)CSC1. The van der Waals surface area contributed by atoms with Crippen LogP contribution in [-0.4, -0.2) is 45.2 Å². The molecule has 0 saturated carbocycles. The number of aromatic nitrogens is 2. The van der Waals surface area contributed by atoms with E-state index in [1.165, 1.54) is 12.3 Å². The van der Waals surface area contributed by atoms with Crippen LogP contribution >= 0.6 is 11.8 Å². The number of carbonyl (C=O) groups excluding carboxylic acids is 2. The summed E-state index contributed by atoms with van der Waals surface area (Å²) in [5.74, 6) is 0.928. The molecule has 0 saturated heterocycles. The molecular formula is C22H23FN4O2S. The first-order valence-corrected chi connectivity index (χ1v) is 10.7. The van der Waals surface area contributed by atoms with Gasteiger partial charge in [-0.1, -0.05) is 12.1 Å². The second-order valence-corrected chi connectivity index (χ2v) is 7.74. The molecule has 0 atom stereocenters. The van der Waals surface area contributed by atoms with Gasteiger partial charge in [-0.3, -0.25) is 19.6 Å². The summed E-state index contributed by atoms with van der Waals surface area (Å²) in [4.78, 5) is 34.0. The largest absolute Gasteiger partial charge is 0.353 e. The zero-order valence-electron chi connectivity index (χ0n) is 16.9. The molecule has 156 valence electrons. The van der Waals surface area contributed by atoms with Gasteiger partial charge in [0.1, 0.15) is 5.82 Å². The molecule has 0 radical (unpaired) electrons. The second-order valence-electron chi connectivity index (χ2n) is 6.76. The van der Waals surface area contributed by atoms with Crippen molar-refractivity contribution in [1.82, 2.24) is 20.2 Å². The van der Waals surface area contributed by atoms with E-state index in [2.05, 4.69) is 15.3 Å².